The third-order valence-electron chi connectivity index (χ3n) is 2.23. The molecule has 0 aliphatic heterocycles. The van der Waals surface area contributed by atoms with Gasteiger partial charge in [-0.15, -0.1) is 0 Å². The smallest absolute Gasteiger partial charge is 0.191 e. The summed E-state index contributed by atoms with van der Waals surface area (Å²) in [7, 11) is 3.20. The third kappa shape index (κ3) is 5.88. The fraction of sp³-hybridized carbons (Fsp3) is 0.429. The second kappa shape index (κ2) is 7.09. The van der Waals surface area contributed by atoms with Crippen LogP contribution in [0.3, 0.4) is 0 Å². The molecule has 6 heteroatoms. The molecule has 1 aromatic carbocycles. The third-order valence-corrected chi connectivity index (χ3v) is 2.42. The number of hydrazone groups is 1. The number of thiocarbonyl (C=S) groups is 1. The fourth-order valence-electron chi connectivity index (χ4n) is 1.32. The summed E-state index contributed by atoms with van der Waals surface area (Å²) < 4.78 is 10.4. The van der Waals surface area contributed by atoms with Crippen LogP contribution in [0.25, 0.3) is 0 Å². The number of nitrogens with zero attached hydrogens (tertiary/aromatic N) is 1. The average Bonchev–Trinajstić information content (AvgIpc) is 2.36. The Labute approximate surface area is 125 Å². The van der Waals surface area contributed by atoms with Crippen molar-refractivity contribution in [3.63, 3.8) is 0 Å². The molecular weight excluding hydrogens is 274 g/mol. The molecule has 20 heavy (non-hydrogen) atoms. The number of hydrogen-bond donors (Lipinski definition) is 2. The van der Waals surface area contributed by atoms with Crippen LogP contribution in [-0.2, 0) is 0 Å². The predicted octanol–water partition coefficient (Wildman–Crippen LogP) is 3.02. The van der Waals surface area contributed by atoms with Crippen molar-refractivity contribution in [2.45, 2.75) is 20.8 Å². The fourth-order valence-corrected chi connectivity index (χ4v) is 1.49. The maximum absolute atomic E-state index is 5.19. The zero-order chi connectivity index (χ0) is 15.2. The Morgan fingerprint density at radius 1 is 1.15 bits per heavy atom. The molecule has 0 amide bonds. The monoisotopic (exact) mass is 295 g/mol. The highest BCUT2D eigenvalue weighted by Crippen LogP contribution is 2.25. The van der Waals surface area contributed by atoms with E-state index in [-0.39, 0.29) is 5.41 Å². The molecule has 0 bridgehead atoms. The van der Waals surface area contributed by atoms with Crippen LogP contribution < -0.4 is 20.2 Å². The Kier molecular flexibility index (Phi) is 5.76. The summed E-state index contributed by atoms with van der Waals surface area (Å²) in [5.41, 5.74) is 3.54. The molecule has 110 valence electrons. The first-order valence-electron chi connectivity index (χ1n) is 6.18. The van der Waals surface area contributed by atoms with E-state index in [9.17, 15) is 0 Å². The van der Waals surface area contributed by atoms with E-state index < -0.39 is 0 Å². The Balaban J connectivity index is 2.68. The quantitative estimate of drug-likeness (QED) is 0.508. The summed E-state index contributed by atoms with van der Waals surface area (Å²) in [6, 6.07) is 5.44. The Hall–Kier alpha value is -1.82. The number of benzene rings is 1. The van der Waals surface area contributed by atoms with Gasteiger partial charge in [-0.05, 0) is 17.6 Å². The van der Waals surface area contributed by atoms with E-state index in [2.05, 4.69) is 36.6 Å². The molecule has 2 N–H and O–H groups in total. The van der Waals surface area contributed by atoms with E-state index in [0.29, 0.717) is 16.6 Å². The lowest BCUT2D eigenvalue weighted by Gasteiger charge is -2.12. The summed E-state index contributed by atoms with van der Waals surface area (Å²) in [6.07, 6.45) is 1.80. The van der Waals surface area contributed by atoms with Crippen molar-refractivity contribution in [3.8, 4) is 11.5 Å². The lowest BCUT2D eigenvalue weighted by atomic mass is 9.99. The van der Waals surface area contributed by atoms with Gasteiger partial charge < -0.3 is 14.8 Å². The normalized spacial score (nSPS) is 11.2. The van der Waals surface area contributed by atoms with Crippen molar-refractivity contribution in [2.75, 3.05) is 19.5 Å². The predicted molar refractivity (Wildman–Crippen MR) is 86.8 cm³/mol. The minimum absolute atomic E-state index is 0.00179. The van der Waals surface area contributed by atoms with Crippen LogP contribution in [0.4, 0.5) is 5.69 Å². The van der Waals surface area contributed by atoms with Gasteiger partial charge in [0.1, 0.15) is 11.5 Å². The number of hydrogen-bond acceptors (Lipinski definition) is 4. The zero-order valence-corrected chi connectivity index (χ0v) is 13.3. The van der Waals surface area contributed by atoms with Crippen LogP contribution in [0.2, 0.25) is 0 Å². The zero-order valence-electron chi connectivity index (χ0n) is 12.5. The molecule has 0 unspecified atom stereocenters. The molecule has 0 saturated heterocycles. The largest absolute Gasteiger partial charge is 0.497 e. The van der Waals surface area contributed by atoms with Gasteiger partial charge in [0.05, 0.1) is 14.2 Å². The number of nitrogens with one attached hydrogen (secondary N) is 2. The number of anilines is 1. The van der Waals surface area contributed by atoms with Crippen molar-refractivity contribution in [1.82, 2.24) is 5.43 Å². The first kappa shape index (κ1) is 16.2. The van der Waals surface area contributed by atoms with Gasteiger partial charge in [-0.3, -0.25) is 5.43 Å². The Morgan fingerprint density at radius 2 is 1.70 bits per heavy atom. The maximum atomic E-state index is 5.19. The van der Waals surface area contributed by atoms with Crippen molar-refractivity contribution in [2.24, 2.45) is 10.5 Å². The molecule has 0 aliphatic rings. The SMILES string of the molecule is COc1cc(NC(=S)N/N=C/C(C)(C)C)cc(OC)c1. The van der Waals surface area contributed by atoms with Crippen molar-refractivity contribution in [3.05, 3.63) is 18.2 Å². The highest BCUT2D eigenvalue weighted by molar-refractivity contribution is 7.80. The number of ether oxygens (including phenoxy) is 2. The summed E-state index contributed by atoms with van der Waals surface area (Å²) >= 11 is 5.17. The van der Waals surface area contributed by atoms with E-state index >= 15 is 0 Å². The highest BCUT2D eigenvalue weighted by atomic mass is 32.1. The van der Waals surface area contributed by atoms with Gasteiger partial charge in [-0.1, -0.05) is 20.8 Å². The second-order valence-electron chi connectivity index (χ2n) is 5.29. The van der Waals surface area contributed by atoms with Crippen LogP contribution in [0, 0.1) is 5.41 Å². The minimum Gasteiger partial charge on any atom is -0.497 e. The van der Waals surface area contributed by atoms with E-state index in [1.54, 1.807) is 26.5 Å². The minimum atomic E-state index is 0.00179. The van der Waals surface area contributed by atoms with Gasteiger partial charge in [0.2, 0.25) is 0 Å². The number of rotatable bonds is 4. The summed E-state index contributed by atoms with van der Waals surface area (Å²) in [4.78, 5) is 0. The molecule has 5 nitrogen and oxygen atoms in total. The van der Waals surface area contributed by atoms with Gasteiger partial charge in [0, 0.05) is 30.1 Å². The van der Waals surface area contributed by atoms with Crippen LogP contribution in [0.1, 0.15) is 20.8 Å². The highest BCUT2D eigenvalue weighted by Gasteiger charge is 2.06. The summed E-state index contributed by atoms with van der Waals surface area (Å²) in [5.74, 6) is 1.38. The lowest BCUT2D eigenvalue weighted by Crippen LogP contribution is -2.25. The standard InChI is InChI=1S/C14H21N3O2S/c1-14(2,3)9-15-17-13(20)16-10-6-11(18-4)8-12(7-10)19-5/h6-9H,1-5H3,(H2,16,17,20)/b15-9+. The molecule has 0 aromatic heterocycles. The lowest BCUT2D eigenvalue weighted by molar-refractivity contribution is 0.395. The first-order chi connectivity index (χ1) is 9.34. The maximum Gasteiger partial charge on any atom is 0.191 e. The van der Waals surface area contributed by atoms with Crippen LogP contribution in [0.15, 0.2) is 23.3 Å². The molecule has 0 spiro atoms. The second-order valence-corrected chi connectivity index (χ2v) is 5.70. The van der Waals surface area contributed by atoms with E-state index in [4.69, 9.17) is 21.7 Å². The van der Waals surface area contributed by atoms with Crippen molar-refractivity contribution < 1.29 is 9.47 Å². The van der Waals surface area contributed by atoms with Crippen LogP contribution in [0.5, 0.6) is 11.5 Å². The molecule has 0 atom stereocenters. The molecule has 0 saturated carbocycles. The molecule has 1 aromatic rings. The number of methoxy groups -OCH3 is 2. The van der Waals surface area contributed by atoms with Gasteiger partial charge >= 0.3 is 0 Å². The van der Waals surface area contributed by atoms with E-state index in [1.807, 2.05) is 12.1 Å². The van der Waals surface area contributed by atoms with E-state index in [0.717, 1.165) is 5.69 Å². The van der Waals surface area contributed by atoms with Crippen molar-refractivity contribution >= 4 is 29.2 Å². The van der Waals surface area contributed by atoms with Gasteiger partial charge in [0.25, 0.3) is 0 Å². The summed E-state index contributed by atoms with van der Waals surface area (Å²) in [6.45, 7) is 6.17. The van der Waals surface area contributed by atoms with Gasteiger partial charge in [0.15, 0.2) is 5.11 Å². The van der Waals surface area contributed by atoms with Gasteiger partial charge in [-0.2, -0.15) is 5.10 Å². The average molecular weight is 295 g/mol. The van der Waals surface area contributed by atoms with Crippen molar-refractivity contribution in [1.29, 1.82) is 0 Å². The molecular formula is C14H21N3O2S. The summed E-state index contributed by atoms with van der Waals surface area (Å²) in [5, 5.41) is 7.51. The Bertz CT molecular complexity index is 473. The molecule has 0 radical (unpaired) electrons. The topological polar surface area (TPSA) is 54.9 Å². The van der Waals surface area contributed by atoms with E-state index in [1.165, 1.54) is 0 Å². The molecule has 0 fully saturated rings. The first-order valence-corrected chi connectivity index (χ1v) is 6.59. The molecule has 1 rings (SSSR count). The van der Waals surface area contributed by atoms with Crippen LogP contribution in [-0.4, -0.2) is 25.5 Å². The molecule has 0 heterocycles. The Morgan fingerprint density at radius 3 is 2.15 bits per heavy atom. The van der Waals surface area contributed by atoms with Gasteiger partial charge in [-0.25, -0.2) is 0 Å². The van der Waals surface area contributed by atoms with Crippen LogP contribution >= 0.6 is 12.2 Å². The molecule has 0 aliphatic carbocycles.